The molecule has 0 aromatic heterocycles. The Morgan fingerprint density at radius 2 is 2.00 bits per heavy atom. The summed E-state index contributed by atoms with van der Waals surface area (Å²) in [7, 11) is -3.79. The molecule has 0 radical (unpaired) electrons. The van der Waals surface area contributed by atoms with E-state index in [1.54, 1.807) is 19.1 Å². The van der Waals surface area contributed by atoms with Gasteiger partial charge in [0.25, 0.3) is 0 Å². The molecule has 0 atom stereocenters. The topological polar surface area (TPSA) is 84.0 Å². The van der Waals surface area contributed by atoms with Crippen LogP contribution >= 0.6 is 0 Å². The van der Waals surface area contributed by atoms with Crippen molar-refractivity contribution < 1.29 is 12.8 Å². The molecular weight excluding hydrogens is 291 g/mol. The van der Waals surface area contributed by atoms with Crippen molar-refractivity contribution in [2.45, 2.75) is 17.6 Å². The molecule has 0 saturated heterocycles. The maximum Gasteiger partial charge on any atom is 0.184 e. The third kappa shape index (κ3) is 3.03. The first-order chi connectivity index (χ1) is 9.85. The van der Waals surface area contributed by atoms with Crippen LogP contribution in [0.25, 0.3) is 0 Å². The second kappa shape index (κ2) is 5.54. The Bertz CT molecular complexity index is 839. The minimum absolute atomic E-state index is 0.0238. The average molecular weight is 304 g/mol. The van der Waals surface area contributed by atoms with Gasteiger partial charge in [-0.05, 0) is 30.7 Å². The molecule has 2 aromatic carbocycles. The number of aryl methyl sites for hydroxylation is 1. The SMILES string of the molecule is Cc1ccc(N)c(S(=O)(=O)Cc2cccc(C#N)c2F)c1. The summed E-state index contributed by atoms with van der Waals surface area (Å²) in [6.07, 6.45) is 0. The molecule has 108 valence electrons. The molecule has 2 aromatic rings. The molecule has 0 aliphatic heterocycles. The molecule has 0 unspecified atom stereocenters. The van der Waals surface area contributed by atoms with E-state index in [9.17, 15) is 12.8 Å². The molecule has 0 amide bonds. The van der Waals surface area contributed by atoms with Crippen molar-refractivity contribution in [3.8, 4) is 6.07 Å². The molecule has 4 nitrogen and oxygen atoms in total. The van der Waals surface area contributed by atoms with Crippen LogP contribution in [0.4, 0.5) is 10.1 Å². The lowest BCUT2D eigenvalue weighted by Gasteiger charge is -2.09. The third-order valence-corrected chi connectivity index (χ3v) is 4.76. The van der Waals surface area contributed by atoms with Gasteiger partial charge in [0.1, 0.15) is 11.9 Å². The van der Waals surface area contributed by atoms with E-state index in [1.807, 2.05) is 0 Å². The van der Waals surface area contributed by atoms with E-state index in [2.05, 4.69) is 0 Å². The fraction of sp³-hybridized carbons (Fsp3) is 0.133. The number of halogens is 1. The van der Waals surface area contributed by atoms with Gasteiger partial charge in [0, 0.05) is 5.56 Å². The molecule has 21 heavy (non-hydrogen) atoms. The number of nitrogen functional groups attached to an aromatic ring is 1. The Morgan fingerprint density at radius 1 is 1.29 bits per heavy atom. The van der Waals surface area contributed by atoms with E-state index in [4.69, 9.17) is 11.0 Å². The highest BCUT2D eigenvalue weighted by molar-refractivity contribution is 7.90. The predicted molar refractivity (Wildman–Crippen MR) is 77.6 cm³/mol. The molecule has 6 heteroatoms. The number of nitrogens with zero attached hydrogens (tertiary/aromatic N) is 1. The van der Waals surface area contributed by atoms with Crippen LogP contribution in [0.2, 0.25) is 0 Å². The van der Waals surface area contributed by atoms with Crippen LogP contribution in [0.5, 0.6) is 0 Å². The highest BCUT2D eigenvalue weighted by atomic mass is 32.2. The number of nitriles is 1. The van der Waals surface area contributed by atoms with Gasteiger partial charge in [-0.2, -0.15) is 5.26 Å². The summed E-state index contributed by atoms with van der Waals surface area (Å²) in [6.45, 7) is 1.75. The number of nitrogens with two attached hydrogens (primary N) is 1. The second-order valence-electron chi connectivity index (χ2n) is 4.69. The van der Waals surface area contributed by atoms with Crippen LogP contribution < -0.4 is 5.73 Å². The number of sulfone groups is 1. The van der Waals surface area contributed by atoms with Crippen LogP contribution in [0.3, 0.4) is 0 Å². The van der Waals surface area contributed by atoms with Gasteiger partial charge in [-0.15, -0.1) is 0 Å². The minimum atomic E-state index is -3.79. The maximum atomic E-state index is 14.0. The van der Waals surface area contributed by atoms with Crippen LogP contribution in [0, 0.1) is 24.1 Å². The highest BCUT2D eigenvalue weighted by Crippen LogP contribution is 2.25. The molecule has 0 bridgehead atoms. The Morgan fingerprint density at radius 3 is 2.67 bits per heavy atom. The monoisotopic (exact) mass is 304 g/mol. The van der Waals surface area contributed by atoms with E-state index < -0.39 is 21.4 Å². The second-order valence-corrected chi connectivity index (χ2v) is 6.65. The van der Waals surface area contributed by atoms with Gasteiger partial charge in [0.05, 0.1) is 21.9 Å². The van der Waals surface area contributed by atoms with Crippen LogP contribution in [0.1, 0.15) is 16.7 Å². The molecule has 0 spiro atoms. The molecule has 0 aliphatic rings. The van der Waals surface area contributed by atoms with Gasteiger partial charge in [0.15, 0.2) is 9.84 Å². The molecule has 2 rings (SSSR count). The quantitative estimate of drug-likeness (QED) is 0.883. The van der Waals surface area contributed by atoms with Crippen molar-refractivity contribution in [3.63, 3.8) is 0 Å². The summed E-state index contributed by atoms with van der Waals surface area (Å²) in [5, 5.41) is 8.78. The average Bonchev–Trinajstić information content (AvgIpc) is 2.43. The Balaban J connectivity index is 2.48. The van der Waals surface area contributed by atoms with Crippen LogP contribution in [0.15, 0.2) is 41.3 Å². The van der Waals surface area contributed by atoms with E-state index in [0.29, 0.717) is 0 Å². The lowest BCUT2D eigenvalue weighted by Crippen LogP contribution is -2.10. The molecule has 0 fully saturated rings. The standard InChI is InChI=1S/C15H13FN2O2S/c1-10-5-6-13(18)14(7-10)21(19,20)9-12-4-2-3-11(8-17)15(12)16/h2-7H,9,18H2,1H3. The first-order valence-electron chi connectivity index (χ1n) is 6.11. The smallest absolute Gasteiger partial charge is 0.184 e. The highest BCUT2D eigenvalue weighted by Gasteiger charge is 2.21. The van der Waals surface area contributed by atoms with Crippen LogP contribution in [-0.2, 0) is 15.6 Å². The molecule has 0 aliphatic carbocycles. The van der Waals surface area contributed by atoms with Gasteiger partial charge < -0.3 is 5.73 Å². The number of benzene rings is 2. The van der Waals surface area contributed by atoms with E-state index in [1.165, 1.54) is 30.3 Å². The van der Waals surface area contributed by atoms with Crippen molar-refractivity contribution in [3.05, 3.63) is 58.9 Å². The zero-order valence-electron chi connectivity index (χ0n) is 11.3. The van der Waals surface area contributed by atoms with Gasteiger partial charge in [-0.3, -0.25) is 0 Å². The summed E-state index contributed by atoms with van der Waals surface area (Å²) in [6, 6.07) is 10.4. The minimum Gasteiger partial charge on any atom is -0.398 e. The Labute approximate surface area is 122 Å². The molecule has 2 N–H and O–H groups in total. The first kappa shape index (κ1) is 15.0. The number of hydrogen-bond donors (Lipinski definition) is 1. The molecular formula is C15H13FN2O2S. The summed E-state index contributed by atoms with van der Waals surface area (Å²) in [5.41, 5.74) is 6.34. The summed E-state index contributed by atoms with van der Waals surface area (Å²) < 4.78 is 38.8. The van der Waals surface area contributed by atoms with Gasteiger partial charge in [-0.25, -0.2) is 12.8 Å². The van der Waals surface area contributed by atoms with Gasteiger partial charge in [0.2, 0.25) is 0 Å². The van der Waals surface area contributed by atoms with Crippen LogP contribution in [-0.4, -0.2) is 8.42 Å². The molecule has 0 heterocycles. The fourth-order valence-electron chi connectivity index (χ4n) is 1.97. The van der Waals surface area contributed by atoms with Crippen molar-refractivity contribution in [1.29, 1.82) is 5.26 Å². The normalized spacial score (nSPS) is 11.1. The predicted octanol–water partition coefficient (Wildman–Crippen LogP) is 2.56. The van der Waals surface area contributed by atoms with E-state index >= 15 is 0 Å². The number of hydrogen-bond acceptors (Lipinski definition) is 4. The van der Waals surface area contributed by atoms with Crippen molar-refractivity contribution in [2.24, 2.45) is 0 Å². The summed E-state index contributed by atoms with van der Waals surface area (Å²) in [5.74, 6) is -1.35. The Hall–Kier alpha value is -2.39. The van der Waals surface area contributed by atoms with Gasteiger partial charge in [-0.1, -0.05) is 18.2 Å². The number of rotatable bonds is 3. The lowest BCUT2D eigenvalue weighted by atomic mass is 10.1. The summed E-state index contributed by atoms with van der Waals surface area (Å²) in [4.78, 5) is -0.0238. The number of anilines is 1. The largest absolute Gasteiger partial charge is 0.398 e. The zero-order valence-corrected chi connectivity index (χ0v) is 12.1. The lowest BCUT2D eigenvalue weighted by molar-refractivity contribution is 0.586. The third-order valence-electron chi connectivity index (χ3n) is 3.05. The Kier molecular flexibility index (Phi) is 3.96. The summed E-state index contributed by atoms with van der Waals surface area (Å²) >= 11 is 0. The molecule has 0 saturated carbocycles. The zero-order chi connectivity index (χ0) is 15.6. The fourth-order valence-corrected chi connectivity index (χ4v) is 3.55. The van der Waals surface area contributed by atoms with Crippen molar-refractivity contribution >= 4 is 15.5 Å². The van der Waals surface area contributed by atoms with E-state index in [0.717, 1.165) is 5.56 Å². The van der Waals surface area contributed by atoms with E-state index in [-0.39, 0.29) is 21.7 Å². The van der Waals surface area contributed by atoms with Crippen molar-refractivity contribution in [1.82, 2.24) is 0 Å². The van der Waals surface area contributed by atoms with Gasteiger partial charge >= 0.3 is 0 Å². The first-order valence-corrected chi connectivity index (χ1v) is 7.77. The maximum absolute atomic E-state index is 14.0. The van der Waals surface area contributed by atoms with Crippen molar-refractivity contribution in [2.75, 3.05) is 5.73 Å².